The van der Waals surface area contributed by atoms with Crippen molar-refractivity contribution in [2.24, 2.45) is 17.1 Å². The predicted molar refractivity (Wildman–Crippen MR) is 71.0 cm³/mol. The van der Waals surface area contributed by atoms with Gasteiger partial charge in [0, 0.05) is 6.42 Å². The van der Waals surface area contributed by atoms with Crippen LogP contribution >= 0.6 is 0 Å². The first-order chi connectivity index (χ1) is 8.38. The molecule has 1 aromatic rings. The molecule has 4 heteroatoms. The van der Waals surface area contributed by atoms with Crippen molar-refractivity contribution < 1.29 is 4.52 Å². The summed E-state index contributed by atoms with van der Waals surface area (Å²) < 4.78 is 5.25. The smallest absolute Gasteiger partial charge is 0.226 e. The van der Waals surface area contributed by atoms with Crippen molar-refractivity contribution in [1.82, 2.24) is 10.1 Å². The van der Waals surface area contributed by atoms with Crippen LogP contribution in [0.2, 0.25) is 0 Å². The van der Waals surface area contributed by atoms with Crippen molar-refractivity contribution in [3.63, 3.8) is 0 Å². The van der Waals surface area contributed by atoms with Gasteiger partial charge in [0.2, 0.25) is 5.89 Å². The third-order valence-corrected chi connectivity index (χ3v) is 4.19. The third kappa shape index (κ3) is 2.30. The summed E-state index contributed by atoms with van der Waals surface area (Å²) in [5.74, 6) is 1.80. The van der Waals surface area contributed by atoms with Gasteiger partial charge < -0.3 is 10.3 Å². The van der Waals surface area contributed by atoms with E-state index >= 15 is 0 Å². The van der Waals surface area contributed by atoms with Crippen LogP contribution in [0.4, 0.5) is 0 Å². The normalized spacial score (nSPS) is 29.5. The molecular weight excluding hydrogens is 226 g/mol. The van der Waals surface area contributed by atoms with Crippen LogP contribution in [0.1, 0.15) is 65.1 Å². The van der Waals surface area contributed by atoms with Gasteiger partial charge in [-0.05, 0) is 24.2 Å². The highest BCUT2D eigenvalue weighted by molar-refractivity contribution is 5.11. The highest BCUT2D eigenvalue weighted by Gasteiger charge is 2.47. The van der Waals surface area contributed by atoms with E-state index in [-0.39, 0.29) is 5.41 Å². The molecule has 0 radical (unpaired) electrons. The molecule has 2 unspecified atom stereocenters. The Kier molecular flexibility index (Phi) is 3.49. The topological polar surface area (TPSA) is 64.9 Å². The zero-order valence-corrected chi connectivity index (χ0v) is 12.0. The van der Waals surface area contributed by atoms with Gasteiger partial charge in [0.25, 0.3) is 0 Å². The Balaban J connectivity index is 2.35. The molecule has 0 saturated heterocycles. The van der Waals surface area contributed by atoms with Crippen LogP contribution in [0.5, 0.6) is 0 Å². The second-order valence-electron chi connectivity index (χ2n) is 6.57. The van der Waals surface area contributed by atoms with Crippen LogP contribution in [0.3, 0.4) is 0 Å². The molecule has 0 amide bonds. The first kappa shape index (κ1) is 13.5. The third-order valence-electron chi connectivity index (χ3n) is 4.19. The van der Waals surface area contributed by atoms with Gasteiger partial charge in [0.15, 0.2) is 5.82 Å². The lowest BCUT2D eigenvalue weighted by Gasteiger charge is -2.46. The lowest BCUT2D eigenvalue weighted by atomic mass is 9.62. The average Bonchev–Trinajstić information content (AvgIpc) is 2.77. The molecule has 1 fully saturated rings. The van der Waals surface area contributed by atoms with Crippen molar-refractivity contribution in [1.29, 1.82) is 0 Å². The van der Waals surface area contributed by atoms with E-state index in [1.54, 1.807) is 0 Å². The van der Waals surface area contributed by atoms with E-state index in [0.29, 0.717) is 17.6 Å². The first-order valence-electron chi connectivity index (χ1n) is 7.00. The standard InChI is InChI=1S/C14H25N3O/c1-5-11-16-12(17-18-11)14(15)9-7-6-8-10(14)13(2,3)4/h10H,5-9,15H2,1-4H3. The maximum atomic E-state index is 6.69. The van der Waals surface area contributed by atoms with Gasteiger partial charge in [-0.1, -0.05) is 45.7 Å². The highest BCUT2D eigenvalue weighted by atomic mass is 16.5. The van der Waals surface area contributed by atoms with Crippen molar-refractivity contribution in [3.8, 4) is 0 Å². The van der Waals surface area contributed by atoms with E-state index in [9.17, 15) is 0 Å². The lowest BCUT2D eigenvalue weighted by Crippen LogP contribution is -2.51. The summed E-state index contributed by atoms with van der Waals surface area (Å²) in [5.41, 5.74) is 6.44. The van der Waals surface area contributed by atoms with Gasteiger partial charge in [-0.2, -0.15) is 4.98 Å². The summed E-state index contributed by atoms with van der Waals surface area (Å²) in [5, 5.41) is 4.14. The molecule has 4 nitrogen and oxygen atoms in total. The van der Waals surface area contributed by atoms with E-state index in [2.05, 4.69) is 30.9 Å². The Hall–Kier alpha value is -0.900. The van der Waals surface area contributed by atoms with E-state index < -0.39 is 5.54 Å². The fourth-order valence-electron chi connectivity index (χ4n) is 3.26. The molecule has 1 aromatic heterocycles. The average molecular weight is 251 g/mol. The van der Waals surface area contributed by atoms with Crippen molar-refractivity contribution >= 4 is 0 Å². The number of aryl methyl sites for hydroxylation is 1. The quantitative estimate of drug-likeness (QED) is 0.877. The minimum Gasteiger partial charge on any atom is -0.339 e. The minimum atomic E-state index is -0.423. The van der Waals surface area contributed by atoms with Crippen molar-refractivity contribution in [2.45, 2.75) is 65.3 Å². The summed E-state index contributed by atoms with van der Waals surface area (Å²) in [4.78, 5) is 4.49. The summed E-state index contributed by atoms with van der Waals surface area (Å²) in [7, 11) is 0. The number of hydrogen-bond acceptors (Lipinski definition) is 4. The summed E-state index contributed by atoms with van der Waals surface area (Å²) >= 11 is 0. The van der Waals surface area contributed by atoms with Crippen LogP contribution in [0.15, 0.2) is 4.52 Å². The molecule has 0 spiro atoms. The largest absolute Gasteiger partial charge is 0.339 e. The van der Waals surface area contributed by atoms with Gasteiger partial charge in [-0.15, -0.1) is 0 Å². The minimum absolute atomic E-state index is 0.169. The number of nitrogens with two attached hydrogens (primary N) is 1. The summed E-state index contributed by atoms with van der Waals surface area (Å²) in [6.45, 7) is 8.78. The molecule has 18 heavy (non-hydrogen) atoms. The van der Waals surface area contributed by atoms with Gasteiger partial charge in [-0.3, -0.25) is 0 Å². The van der Waals surface area contributed by atoms with E-state index in [0.717, 1.165) is 25.7 Å². The number of aromatic nitrogens is 2. The highest BCUT2D eigenvalue weighted by Crippen LogP contribution is 2.47. The zero-order chi connectivity index (χ0) is 13.4. The van der Waals surface area contributed by atoms with Crippen LogP contribution in [0.25, 0.3) is 0 Å². The van der Waals surface area contributed by atoms with Gasteiger partial charge in [0.05, 0.1) is 5.54 Å². The van der Waals surface area contributed by atoms with E-state index in [1.165, 1.54) is 6.42 Å². The fraction of sp³-hybridized carbons (Fsp3) is 0.857. The Bertz CT molecular complexity index is 407. The zero-order valence-electron chi connectivity index (χ0n) is 12.0. The number of rotatable bonds is 2. The molecule has 0 bridgehead atoms. The van der Waals surface area contributed by atoms with Gasteiger partial charge >= 0.3 is 0 Å². The van der Waals surface area contributed by atoms with Crippen LogP contribution in [-0.2, 0) is 12.0 Å². The SMILES string of the molecule is CCc1nc(C2(N)CCCCC2C(C)(C)C)no1. The molecule has 102 valence electrons. The van der Waals surface area contributed by atoms with Gasteiger partial charge in [-0.25, -0.2) is 0 Å². The fourth-order valence-corrected chi connectivity index (χ4v) is 3.26. The second-order valence-corrected chi connectivity index (χ2v) is 6.57. The Morgan fingerprint density at radius 2 is 2.11 bits per heavy atom. The Morgan fingerprint density at radius 3 is 2.67 bits per heavy atom. The molecule has 2 rings (SSSR count). The van der Waals surface area contributed by atoms with Crippen molar-refractivity contribution in [3.05, 3.63) is 11.7 Å². The number of hydrogen-bond donors (Lipinski definition) is 1. The molecule has 0 aliphatic heterocycles. The summed E-state index contributed by atoms with van der Waals surface area (Å²) in [6, 6.07) is 0. The first-order valence-corrected chi connectivity index (χ1v) is 7.00. The predicted octanol–water partition coefficient (Wildman–Crippen LogP) is 3.02. The van der Waals surface area contributed by atoms with Crippen LogP contribution in [0, 0.1) is 11.3 Å². The molecule has 2 N–H and O–H groups in total. The molecule has 1 aliphatic carbocycles. The van der Waals surface area contributed by atoms with E-state index in [1.807, 2.05) is 6.92 Å². The molecule has 2 atom stereocenters. The van der Waals surface area contributed by atoms with E-state index in [4.69, 9.17) is 10.3 Å². The number of nitrogens with zero attached hydrogens (tertiary/aromatic N) is 2. The Labute approximate surface area is 109 Å². The van der Waals surface area contributed by atoms with Crippen LogP contribution in [-0.4, -0.2) is 10.1 Å². The molecule has 0 aromatic carbocycles. The maximum absolute atomic E-state index is 6.69. The maximum Gasteiger partial charge on any atom is 0.226 e. The molecule has 1 heterocycles. The van der Waals surface area contributed by atoms with Crippen LogP contribution < -0.4 is 5.73 Å². The Morgan fingerprint density at radius 1 is 1.39 bits per heavy atom. The molecule has 1 saturated carbocycles. The van der Waals surface area contributed by atoms with Crippen molar-refractivity contribution in [2.75, 3.05) is 0 Å². The second kappa shape index (κ2) is 4.65. The monoisotopic (exact) mass is 251 g/mol. The molecule has 1 aliphatic rings. The summed E-state index contributed by atoms with van der Waals surface area (Å²) in [6.07, 6.45) is 5.27. The molecular formula is C14H25N3O. The lowest BCUT2D eigenvalue weighted by molar-refractivity contribution is 0.0698. The van der Waals surface area contributed by atoms with Gasteiger partial charge in [0.1, 0.15) is 0 Å².